The number of likely N-dealkylation sites (tertiary alicyclic amines) is 1. The number of halogens is 1. The third kappa shape index (κ3) is 4.15. The lowest BCUT2D eigenvalue weighted by Crippen LogP contribution is -2.45. The van der Waals surface area contributed by atoms with Crippen LogP contribution in [0.2, 0.25) is 5.02 Å². The van der Waals surface area contributed by atoms with E-state index in [0.717, 1.165) is 57.2 Å². The Hall–Kier alpha value is -1.85. The van der Waals surface area contributed by atoms with Crippen molar-refractivity contribution in [1.29, 1.82) is 0 Å². The van der Waals surface area contributed by atoms with Gasteiger partial charge in [0.15, 0.2) is 0 Å². The molecule has 0 unspecified atom stereocenters. The van der Waals surface area contributed by atoms with Crippen LogP contribution in [0.4, 0.5) is 0 Å². The Labute approximate surface area is 184 Å². The van der Waals surface area contributed by atoms with Gasteiger partial charge >= 0.3 is 0 Å². The molecule has 1 aromatic carbocycles. The summed E-state index contributed by atoms with van der Waals surface area (Å²) >= 11 is 6.09. The van der Waals surface area contributed by atoms with Crippen molar-refractivity contribution in [2.45, 2.75) is 63.5 Å². The van der Waals surface area contributed by atoms with Gasteiger partial charge in [0.1, 0.15) is 5.70 Å². The topological polar surface area (TPSA) is 43.9 Å². The first-order valence-corrected chi connectivity index (χ1v) is 11.6. The lowest BCUT2D eigenvalue weighted by molar-refractivity contribution is -0.140. The number of hydrogen-bond donors (Lipinski definition) is 0. The Morgan fingerprint density at radius 1 is 0.900 bits per heavy atom. The predicted molar refractivity (Wildman–Crippen MR) is 120 cm³/mol. The summed E-state index contributed by atoms with van der Waals surface area (Å²) in [5.41, 5.74) is 1.90. The molecule has 3 aliphatic rings. The number of benzene rings is 1. The molecule has 2 fully saturated rings. The van der Waals surface area contributed by atoms with Crippen molar-refractivity contribution in [2.24, 2.45) is 0 Å². The van der Waals surface area contributed by atoms with Gasteiger partial charge in [0.05, 0.1) is 5.57 Å². The van der Waals surface area contributed by atoms with Crippen LogP contribution in [0.15, 0.2) is 30.0 Å². The second-order valence-corrected chi connectivity index (χ2v) is 9.44. The third-order valence-electron chi connectivity index (χ3n) is 7.00. The van der Waals surface area contributed by atoms with Crippen LogP contribution in [0.1, 0.15) is 56.9 Å². The molecule has 162 valence electrons. The summed E-state index contributed by atoms with van der Waals surface area (Å²) in [5.74, 6) is -0.248. The molecule has 1 aromatic rings. The molecule has 4 rings (SSSR count). The molecule has 1 aliphatic carbocycles. The first-order valence-electron chi connectivity index (χ1n) is 11.3. The molecule has 0 spiro atoms. The van der Waals surface area contributed by atoms with Crippen LogP contribution >= 0.6 is 11.6 Å². The second-order valence-electron chi connectivity index (χ2n) is 9.00. The summed E-state index contributed by atoms with van der Waals surface area (Å²) in [6, 6.07) is 7.60. The van der Waals surface area contributed by atoms with Gasteiger partial charge < -0.3 is 9.80 Å². The van der Waals surface area contributed by atoms with Gasteiger partial charge in [0.25, 0.3) is 11.8 Å². The number of nitrogens with zero attached hydrogens (tertiary/aromatic N) is 3. The van der Waals surface area contributed by atoms with E-state index in [2.05, 4.69) is 16.8 Å². The molecule has 1 saturated heterocycles. The fourth-order valence-corrected chi connectivity index (χ4v) is 5.28. The highest BCUT2D eigenvalue weighted by atomic mass is 35.5. The largest absolute Gasteiger partial charge is 0.366 e. The monoisotopic (exact) mass is 429 g/mol. The van der Waals surface area contributed by atoms with Crippen molar-refractivity contribution in [3.63, 3.8) is 0 Å². The van der Waals surface area contributed by atoms with Gasteiger partial charge in [-0.05, 0) is 63.5 Å². The average molecular weight is 430 g/mol. The molecular formula is C24H32ClN3O2. The molecule has 2 amide bonds. The van der Waals surface area contributed by atoms with Crippen molar-refractivity contribution in [2.75, 3.05) is 27.2 Å². The van der Waals surface area contributed by atoms with Gasteiger partial charge in [-0.3, -0.25) is 14.5 Å². The van der Waals surface area contributed by atoms with Crippen molar-refractivity contribution < 1.29 is 9.59 Å². The summed E-state index contributed by atoms with van der Waals surface area (Å²) < 4.78 is 0. The normalized spacial score (nSPS) is 22.7. The van der Waals surface area contributed by atoms with Crippen molar-refractivity contribution in [3.05, 3.63) is 40.5 Å². The molecule has 30 heavy (non-hydrogen) atoms. The van der Waals surface area contributed by atoms with Crippen molar-refractivity contribution >= 4 is 29.0 Å². The highest BCUT2D eigenvalue weighted by molar-refractivity contribution is 6.36. The van der Waals surface area contributed by atoms with Gasteiger partial charge in [-0.15, -0.1) is 0 Å². The van der Waals surface area contributed by atoms with E-state index in [1.54, 1.807) is 17.0 Å². The van der Waals surface area contributed by atoms with Gasteiger partial charge in [-0.25, -0.2) is 0 Å². The van der Waals surface area contributed by atoms with Crippen LogP contribution in [0, 0.1) is 0 Å². The molecule has 2 heterocycles. The predicted octanol–water partition coefficient (Wildman–Crippen LogP) is 4.17. The van der Waals surface area contributed by atoms with Gasteiger partial charge in [-0.1, -0.05) is 49.4 Å². The summed E-state index contributed by atoms with van der Waals surface area (Å²) in [5, 5.41) is 0.627. The van der Waals surface area contributed by atoms with E-state index in [0.29, 0.717) is 16.3 Å². The van der Waals surface area contributed by atoms with Gasteiger partial charge in [-0.2, -0.15) is 0 Å². The number of amides is 2. The quantitative estimate of drug-likeness (QED) is 0.532. The number of carbonyl (C=O) groups is 2. The fourth-order valence-electron chi connectivity index (χ4n) is 5.15. The van der Waals surface area contributed by atoms with Crippen molar-refractivity contribution in [1.82, 2.24) is 14.7 Å². The van der Waals surface area contributed by atoms with Crippen LogP contribution in [0.3, 0.4) is 0 Å². The maximum atomic E-state index is 13.7. The molecule has 0 bridgehead atoms. The number of carbonyl (C=O) groups excluding carboxylic acids is 2. The summed E-state index contributed by atoms with van der Waals surface area (Å²) in [6.07, 6.45) is 8.35. The number of imide groups is 1. The lowest BCUT2D eigenvalue weighted by Gasteiger charge is -2.37. The highest BCUT2D eigenvalue weighted by Crippen LogP contribution is 2.37. The first kappa shape index (κ1) is 21.4. The van der Waals surface area contributed by atoms with E-state index in [9.17, 15) is 9.59 Å². The van der Waals surface area contributed by atoms with E-state index >= 15 is 0 Å². The van der Waals surface area contributed by atoms with Crippen molar-refractivity contribution in [3.8, 4) is 0 Å². The summed E-state index contributed by atoms with van der Waals surface area (Å²) in [6.45, 7) is 2.01. The Kier molecular flexibility index (Phi) is 6.49. The van der Waals surface area contributed by atoms with E-state index in [1.165, 1.54) is 12.8 Å². The smallest absolute Gasteiger partial charge is 0.278 e. The van der Waals surface area contributed by atoms with Crippen LogP contribution < -0.4 is 0 Å². The average Bonchev–Trinajstić information content (AvgIpc) is 2.90. The minimum absolute atomic E-state index is 0.0122. The zero-order valence-corrected chi connectivity index (χ0v) is 18.8. The summed E-state index contributed by atoms with van der Waals surface area (Å²) in [4.78, 5) is 33.3. The van der Waals surface area contributed by atoms with Crippen LogP contribution in [-0.4, -0.2) is 65.8 Å². The molecule has 0 aromatic heterocycles. The Bertz CT molecular complexity index is 819. The molecule has 5 nitrogen and oxygen atoms in total. The third-order valence-corrected chi connectivity index (χ3v) is 7.25. The van der Waals surface area contributed by atoms with Gasteiger partial charge in [0.2, 0.25) is 0 Å². The van der Waals surface area contributed by atoms with E-state index < -0.39 is 0 Å². The minimum atomic E-state index is -0.135. The Morgan fingerprint density at radius 3 is 2.10 bits per heavy atom. The zero-order chi connectivity index (χ0) is 21.3. The fraction of sp³-hybridized carbons (Fsp3) is 0.583. The molecule has 2 aliphatic heterocycles. The highest BCUT2D eigenvalue weighted by Gasteiger charge is 2.45. The Balaban J connectivity index is 1.71. The standard InChI is InChI=1S/C24H32ClN3O2/c1-26-15-13-19(14-16-26)27(2)22-21(17-9-11-18(25)12-10-17)23(29)28(24(22)30)20-7-5-3-4-6-8-20/h9-12,19-20H,3-8,13-16H2,1-2H3. The van der Waals surface area contributed by atoms with E-state index in [1.807, 2.05) is 19.2 Å². The number of hydrogen-bond acceptors (Lipinski definition) is 4. The van der Waals surface area contributed by atoms with E-state index in [4.69, 9.17) is 11.6 Å². The maximum Gasteiger partial charge on any atom is 0.278 e. The Morgan fingerprint density at radius 2 is 1.50 bits per heavy atom. The maximum absolute atomic E-state index is 13.7. The molecule has 0 atom stereocenters. The van der Waals surface area contributed by atoms with Gasteiger partial charge in [0, 0.05) is 24.2 Å². The van der Waals surface area contributed by atoms with E-state index in [-0.39, 0.29) is 23.9 Å². The molecule has 1 saturated carbocycles. The second kappa shape index (κ2) is 9.11. The number of piperidine rings is 1. The minimum Gasteiger partial charge on any atom is -0.366 e. The molecule has 0 N–H and O–H groups in total. The summed E-state index contributed by atoms with van der Waals surface area (Å²) in [7, 11) is 4.12. The van der Waals surface area contributed by atoms with Crippen LogP contribution in [-0.2, 0) is 9.59 Å². The van der Waals surface area contributed by atoms with Crippen LogP contribution in [0.5, 0.6) is 0 Å². The van der Waals surface area contributed by atoms with Crippen LogP contribution in [0.25, 0.3) is 5.57 Å². The molecule has 6 heteroatoms. The SMILES string of the molecule is CN1CCC(N(C)C2=C(c3ccc(Cl)cc3)C(=O)N(C3CCCCCC3)C2=O)CC1. The molecule has 0 radical (unpaired) electrons. The first-order chi connectivity index (χ1) is 14.5. The number of likely N-dealkylation sites (N-methyl/N-ethyl adjacent to an activating group) is 1. The zero-order valence-electron chi connectivity index (χ0n) is 18.1. The lowest BCUT2D eigenvalue weighted by atomic mass is 10.00. The number of rotatable bonds is 4. The molecular weight excluding hydrogens is 398 g/mol.